The van der Waals surface area contributed by atoms with Gasteiger partial charge < -0.3 is 4.42 Å². The van der Waals surface area contributed by atoms with Gasteiger partial charge in [-0.15, -0.1) is 0 Å². The highest BCUT2D eigenvalue weighted by atomic mass is 16.3. The fraction of sp³-hybridized carbons (Fsp3) is 0.360. The largest absolute Gasteiger partial charge is 0.456 e. The maximum absolute atomic E-state index is 6.23. The van der Waals surface area contributed by atoms with Gasteiger partial charge in [-0.25, -0.2) is 0 Å². The second-order valence-corrected chi connectivity index (χ2v) is 7.46. The Kier molecular flexibility index (Phi) is 5.24. The van der Waals surface area contributed by atoms with Crippen LogP contribution in [0, 0.1) is 0 Å². The molecule has 0 amide bonds. The van der Waals surface area contributed by atoms with Crippen LogP contribution in [0.2, 0.25) is 0 Å². The predicted molar refractivity (Wildman–Crippen MR) is 111 cm³/mol. The van der Waals surface area contributed by atoms with Crippen molar-refractivity contribution in [2.24, 2.45) is 0 Å². The van der Waals surface area contributed by atoms with Gasteiger partial charge in [0.05, 0.1) is 0 Å². The Hall–Kier alpha value is -2.28. The van der Waals surface area contributed by atoms with Crippen molar-refractivity contribution in [2.75, 3.05) is 0 Å². The van der Waals surface area contributed by atoms with Gasteiger partial charge in [0, 0.05) is 22.9 Å². The van der Waals surface area contributed by atoms with Crippen molar-refractivity contribution >= 4 is 17.0 Å². The van der Waals surface area contributed by atoms with Gasteiger partial charge >= 0.3 is 0 Å². The maximum Gasteiger partial charge on any atom is 0.139 e. The van der Waals surface area contributed by atoms with Crippen LogP contribution in [0.15, 0.2) is 53.0 Å². The molecule has 1 heteroatoms. The summed E-state index contributed by atoms with van der Waals surface area (Å²) in [7, 11) is 0. The number of hydrogen-bond acceptors (Lipinski definition) is 1. The van der Waals surface area contributed by atoms with E-state index in [9.17, 15) is 0 Å². The van der Waals surface area contributed by atoms with Gasteiger partial charge in [-0.2, -0.15) is 0 Å². The van der Waals surface area contributed by atoms with E-state index in [1.807, 2.05) is 0 Å². The first kappa shape index (κ1) is 17.1. The molecule has 0 saturated heterocycles. The van der Waals surface area contributed by atoms with Crippen molar-refractivity contribution in [1.82, 2.24) is 0 Å². The lowest BCUT2D eigenvalue weighted by atomic mass is 10.1. The zero-order valence-corrected chi connectivity index (χ0v) is 15.8. The van der Waals surface area contributed by atoms with Crippen molar-refractivity contribution < 1.29 is 4.42 Å². The zero-order valence-electron chi connectivity index (χ0n) is 15.8. The SMILES string of the molecule is CCCCCCCC/C=C/c1ccc2c3c(oc2c1)-c1ccccc1C3. The molecule has 0 unspecified atom stereocenters. The lowest BCUT2D eigenvalue weighted by Gasteiger charge is -1.99. The van der Waals surface area contributed by atoms with E-state index in [1.54, 1.807) is 0 Å². The van der Waals surface area contributed by atoms with Gasteiger partial charge in [-0.1, -0.05) is 87.6 Å². The minimum Gasteiger partial charge on any atom is -0.456 e. The molecule has 1 aliphatic carbocycles. The molecule has 0 aliphatic heterocycles. The smallest absolute Gasteiger partial charge is 0.139 e. The Morgan fingerprint density at radius 1 is 0.962 bits per heavy atom. The van der Waals surface area contributed by atoms with Gasteiger partial charge in [0.15, 0.2) is 0 Å². The molecule has 0 spiro atoms. The molecule has 0 atom stereocenters. The Balaban J connectivity index is 1.41. The summed E-state index contributed by atoms with van der Waals surface area (Å²) in [5.74, 6) is 1.07. The molecular formula is C25H28O. The normalized spacial score (nSPS) is 12.8. The molecule has 0 bridgehead atoms. The van der Waals surface area contributed by atoms with E-state index in [1.165, 1.54) is 72.6 Å². The molecule has 0 saturated carbocycles. The van der Waals surface area contributed by atoms with Crippen molar-refractivity contribution in [3.8, 4) is 11.3 Å². The minimum atomic E-state index is 0.992. The van der Waals surface area contributed by atoms with Crippen LogP contribution in [0.1, 0.15) is 68.6 Å². The van der Waals surface area contributed by atoms with E-state index in [4.69, 9.17) is 4.42 Å². The molecule has 0 fully saturated rings. The minimum absolute atomic E-state index is 0.992. The van der Waals surface area contributed by atoms with E-state index in [2.05, 4.69) is 61.5 Å². The molecule has 1 heterocycles. The van der Waals surface area contributed by atoms with E-state index in [0.717, 1.165) is 17.8 Å². The molecule has 2 aromatic carbocycles. The summed E-state index contributed by atoms with van der Waals surface area (Å²) in [6, 6.07) is 15.2. The topological polar surface area (TPSA) is 13.1 Å². The van der Waals surface area contributed by atoms with Crippen molar-refractivity contribution in [2.45, 2.75) is 58.3 Å². The molecule has 0 N–H and O–H groups in total. The third-order valence-electron chi connectivity index (χ3n) is 5.48. The summed E-state index contributed by atoms with van der Waals surface area (Å²) < 4.78 is 6.23. The van der Waals surface area contributed by atoms with Crippen LogP contribution >= 0.6 is 0 Å². The van der Waals surface area contributed by atoms with E-state index >= 15 is 0 Å². The predicted octanol–water partition coefficient (Wildman–Crippen LogP) is 7.77. The standard InChI is InChI=1S/C25H28O/c1-2-3-4-5-6-7-8-9-12-19-15-16-22-23-18-20-13-10-11-14-21(20)25(23)26-24(22)17-19/h9-17H,2-8,18H2,1H3/b12-9+. The third kappa shape index (κ3) is 3.49. The highest BCUT2D eigenvalue weighted by molar-refractivity contribution is 5.92. The molecule has 0 radical (unpaired) electrons. The average Bonchev–Trinajstić information content (AvgIpc) is 3.19. The number of rotatable bonds is 8. The van der Waals surface area contributed by atoms with Crippen LogP contribution in [-0.4, -0.2) is 0 Å². The van der Waals surface area contributed by atoms with Crippen LogP contribution in [-0.2, 0) is 6.42 Å². The van der Waals surface area contributed by atoms with E-state index < -0.39 is 0 Å². The first-order valence-electron chi connectivity index (χ1n) is 10.2. The third-order valence-corrected chi connectivity index (χ3v) is 5.48. The first-order valence-corrected chi connectivity index (χ1v) is 10.2. The molecule has 134 valence electrons. The Labute approximate surface area is 156 Å². The van der Waals surface area contributed by atoms with Gasteiger partial charge in [0.2, 0.25) is 0 Å². The van der Waals surface area contributed by atoms with Crippen molar-refractivity contribution in [1.29, 1.82) is 0 Å². The molecule has 1 aliphatic rings. The summed E-state index contributed by atoms with van der Waals surface area (Å²) in [5.41, 5.74) is 6.25. The van der Waals surface area contributed by atoms with Crippen LogP contribution in [0.5, 0.6) is 0 Å². The second-order valence-electron chi connectivity index (χ2n) is 7.46. The fourth-order valence-corrected chi connectivity index (χ4v) is 4.01. The van der Waals surface area contributed by atoms with E-state index in [-0.39, 0.29) is 0 Å². The lowest BCUT2D eigenvalue weighted by Crippen LogP contribution is -1.81. The fourth-order valence-electron chi connectivity index (χ4n) is 4.01. The Bertz CT molecular complexity index is 913. The van der Waals surface area contributed by atoms with Crippen molar-refractivity contribution in [3.05, 3.63) is 65.2 Å². The number of hydrogen-bond donors (Lipinski definition) is 0. The quantitative estimate of drug-likeness (QED) is 0.298. The van der Waals surface area contributed by atoms with Gasteiger partial charge in [0.1, 0.15) is 11.3 Å². The van der Waals surface area contributed by atoms with E-state index in [0.29, 0.717) is 0 Å². The van der Waals surface area contributed by atoms with Crippen LogP contribution in [0.3, 0.4) is 0 Å². The first-order chi connectivity index (χ1) is 12.9. The number of fused-ring (bicyclic) bond motifs is 5. The van der Waals surface area contributed by atoms with Crippen LogP contribution in [0.4, 0.5) is 0 Å². The maximum atomic E-state index is 6.23. The van der Waals surface area contributed by atoms with Crippen LogP contribution < -0.4 is 0 Å². The summed E-state index contributed by atoms with van der Waals surface area (Å²) in [5, 5.41) is 1.27. The number of unbranched alkanes of at least 4 members (excludes halogenated alkanes) is 6. The molecule has 4 rings (SSSR count). The van der Waals surface area contributed by atoms with Gasteiger partial charge in [0.25, 0.3) is 0 Å². The average molecular weight is 344 g/mol. The summed E-state index contributed by atoms with van der Waals surface area (Å²) in [6.45, 7) is 2.27. The summed E-state index contributed by atoms with van der Waals surface area (Å²) in [4.78, 5) is 0. The zero-order chi connectivity index (χ0) is 17.8. The highest BCUT2D eigenvalue weighted by Gasteiger charge is 2.24. The number of benzene rings is 2. The molecule has 26 heavy (non-hydrogen) atoms. The second kappa shape index (κ2) is 7.95. The molecular weight excluding hydrogens is 316 g/mol. The Morgan fingerprint density at radius 3 is 2.73 bits per heavy atom. The highest BCUT2D eigenvalue weighted by Crippen LogP contribution is 2.42. The molecule has 1 aromatic heterocycles. The number of allylic oxidation sites excluding steroid dienone is 1. The Morgan fingerprint density at radius 2 is 1.81 bits per heavy atom. The van der Waals surface area contributed by atoms with Gasteiger partial charge in [-0.05, 0) is 30.0 Å². The van der Waals surface area contributed by atoms with Gasteiger partial charge in [-0.3, -0.25) is 0 Å². The lowest BCUT2D eigenvalue weighted by molar-refractivity contribution is 0.611. The molecule has 1 nitrogen and oxygen atoms in total. The monoisotopic (exact) mass is 344 g/mol. The summed E-state index contributed by atoms with van der Waals surface area (Å²) >= 11 is 0. The summed E-state index contributed by atoms with van der Waals surface area (Å²) in [6.07, 6.45) is 14.9. The van der Waals surface area contributed by atoms with Crippen LogP contribution in [0.25, 0.3) is 28.4 Å². The van der Waals surface area contributed by atoms with Crippen molar-refractivity contribution in [3.63, 3.8) is 0 Å². The number of furan rings is 1. The molecule has 3 aromatic rings.